The van der Waals surface area contributed by atoms with E-state index in [0.717, 1.165) is 22.9 Å². The van der Waals surface area contributed by atoms with Gasteiger partial charge < -0.3 is 4.74 Å². The van der Waals surface area contributed by atoms with Crippen molar-refractivity contribution in [3.8, 4) is 22.9 Å². The van der Waals surface area contributed by atoms with Gasteiger partial charge in [-0.1, -0.05) is 0 Å². The van der Waals surface area contributed by atoms with Gasteiger partial charge in [-0.2, -0.15) is 5.10 Å². The number of H-pyrrole nitrogens is 1. The lowest BCUT2D eigenvalue weighted by Gasteiger charge is -1.88. The Morgan fingerprint density at radius 2 is 2.25 bits per heavy atom. The van der Waals surface area contributed by atoms with E-state index in [1.807, 2.05) is 12.1 Å². The smallest absolute Gasteiger partial charge is 0.197 e. The number of aromatic nitrogens is 3. The standard InChI is InChI=1S/C8H5N3O/c1-4-10-11-5(1)7-8-6(12-8)2-3-9-7/h1-4H,(H,10,11). The van der Waals surface area contributed by atoms with E-state index in [2.05, 4.69) is 15.2 Å². The van der Waals surface area contributed by atoms with Crippen LogP contribution in [0.15, 0.2) is 24.5 Å². The molecule has 3 rings (SSSR count). The van der Waals surface area contributed by atoms with Crippen LogP contribution in [0.3, 0.4) is 0 Å². The maximum absolute atomic E-state index is 5.18. The van der Waals surface area contributed by atoms with Gasteiger partial charge in [-0.25, -0.2) is 0 Å². The van der Waals surface area contributed by atoms with Crippen molar-refractivity contribution in [3.05, 3.63) is 24.5 Å². The van der Waals surface area contributed by atoms with Crippen LogP contribution in [-0.4, -0.2) is 15.2 Å². The number of ether oxygens (including phenoxy) is 1. The van der Waals surface area contributed by atoms with E-state index in [1.165, 1.54) is 0 Å². The topological polar surface area (TPSA) is 54.1 Å². The molecule has 4 heteroatoms. The molecule has 0 aliphatic carbocycles. The molecule has 0 unspecified atom stereocenters. The van der Waals surface area contributed by atoms with Crippen LogP contribution in [0.2, 0.25) is 0 Å². The molecule has 3 heterocycles. The molecule has 1 N–H and O–H groups in total. The SMILES string of the molecule is c1cc(-c2nccc3c2O3)[nH]n1. The fourth-order valence-electron chi connectivity index (χ4n) is 1.18. The lowest BCUT2D eigenvalue weighted by Crippen LogP contribution is -1.78. The van der Waals surface area contributed by atoms with Gasteiger partial charge in [0.1, 0.15) is 5.69 Å². The van der Waals surface area contributed by atoms with Crippen LogP contribution in [-0.2, 0) is 0 Å². The highest BCUT2D eigenvalue weighted by Gasteiger charge is 2.26. The van der Waals surface area contributed by atoms with E-state index < -0.39 is 0 Å². The Kier molecular flexibility index (Phi) is 0.889. The molecule has 58 valence electrons. The van der Waals surface area contributed by atoms with Gasteiger partial charge in [0.2, 0.25) is 0 Å². The van der Waals surface area contributed by atoms with Gasteiger partial charge in [0, 0.05) is 18.5 Å². The summed E-state index contributed by atoms with van der Waals surface area (Å²) in [5.41, 5.74) is 1.73. The van der Waals surface area contributed by atoms with Crippen molar-refractivity contribution in [1.82, 2.24) is 15.2 Å². The van der Waals surface area contributed by atoms with Crippen LogP contribution in [0.5, 0.6) is 11.5 Å². The lowest BCUT2D eigenvalue weighted by molar-refractivity contribution is 0.650. The molecule has 0 bridgehead atoms. The number of rotatable bonds is 1. The van der Waals surface area contributed by atoms with Crippen LogP contribution < -0.4 is 4.74 Å². The van der Waals surface area contributed by atoms with Crippen LogP contribution >= 0.6 is 0 Å². The fraction of sp³-hybridized carbons (Fsp3) is 0. The Bertz CT molecular complexity index is 422. The summed E-state index contributed by atoms with van der Waals surface area (Å²) in [6.07, 6.45) is 3.42. The van der Waals surface area contributed by atoms with E-state index >= 15 is 0 Å². The summed E-state index contributed by atoms with van der Waals surface area (Å²) in [6.45, 7) is 0. The first-order valence-electron chi connectivity index (χ1n) is 3.62. The summed E-state index contributed by atoms with van der Waals surface area (Å²) in [5, 5.41) is 6.68. The average Bonchev–Trinajstić information content (AvgIpc) is 2.70. The lowest BCUT2D eigenvalue weighted by atomic mass is 10.3. The van der Waals surface area contributed by atoms with Crippen LogP contribution in [0.4, 0.5) is 0 Å². The molecule has 0 saturated heterocycles. The van der Waals surface area contributed by atoms with Crippen LogP contribution in [0.1, 0.15) is 0 Å². The zero-order chi connectivity index (χ0) is 7.97. The van der Waals surface area contributed by atoms with E-state index in [-0.39, 0.29) is 0 Å². The Morgan fingerprint density at radius 3 is 3.08 bits per heavy atom. The molecule has 2 aromatic rings. The average molecular weight is 159 g/mol. The second kappa shape index (κ2) is 1.85. The van der Waals surface area contributed by atoms with Crippen molar-refractivity contribution in [2.24, 2.45) is 0 Å². The van der Waals surface area contributed by atoms with Gasteiger partial charge >= 0.3 is 0 Å². The molecule has 0 saturated carbocycles. The Hall–Kier alpha value is -1.84. The number of nitrogens with zero attached hydrogens (tertiary/aromatic N) is 2. The van der Waals surface area contributed by atoms with Gasteiger partial charge in [0.15, 0.2) is 11.5 Å². The highest BCUT2D eigenvalue weighted by molar-refractivity contribution is 5.73. The highest BCUT2D eigenvalue weighted by Crippen LogP contribution is 2.49. The minimum Gasteiger partial charge on any atom is -0.447 e. The first-order chi connectivity index (χ1) is 5.95. The molecule has 0 atom stereocenters. The molecule has 0 spiro atoms. The normalized spacial score (nSPS) is 12.0. The molecular formula is C8H5N3O. The van der Waals surface area contributed by atoms with Gasteiger partial charge in [-0.15, -0.1) is 0 Å². The second-order valence-corrected chi connectivity index (χ2v) is 2.56. The van der Waals surface area contributed by atoms with Crippen molar-refractivity contribution in [2.45, 2.75) is 0 Å². The third-order valence-corrected chi connectivity index (χ3v) is 1.79. The van der Waals surface area contributed by atoms with Crippen molar-refractivity contribution >= 4 is 0 Å². The molecule has 2 aromatic heterocycles. The second-order valence-electron chi connectivity index (χ2n) is 2.56. The number of pyridine rings is 1. The fourth-order valence-corrected chi connectivity index (χ4v) is 1.18. The molecule has 1 aliphatic rings. The largest absolute Gasteiger partial charge is 0.447 e. The number of hydrogen-bond acceptors (Lipinski definition) is 3. The van der Waals surface area contributed by atoms with E-state index in [4.69, 9.17) is 4.74 Å². The number of nitrogens with one attached hydrogen (secondary N) is 1. The van der Waals surface area contributed by atoms with Gasteiger partial charge in [0.05, 0.1) is 5.69 Å². The minimum atomic E-state index is 0.838. The number of hydrogen-bond donors (Lipinski definition) is 1. The Labute approximate surface area is 68.2 Å². The zero-order valence-corrected chi connectivity index (χ0v) is 6.11. The minimum absolute atomic E-state index is 0.838. The zero-order valence-electron chi connectivity index (χ0n) is 6.11. The maximum Gasteiger partial charge on any atom is 0.197 e. The highest BCUT2D eigenvalue weighted by atomic mass is 16.6. The van der Waals surface area contributed by atoms with E-state index in [0.29, 0.717) is 0 Å². The summed E-state index contributed by atoms with van der Waals surface area (Å²) >= 11 is 0. The predicted molar refractivity (Wildman–Crippen MR) is 41.9 cm³/mol. The quantitative estimate of drug-likeness (QED) is 0.548. The summed E-state index contributed by atoms with van der Waals surface area (Å²) in [5.74, 6) is 1.77. The molecule has 0 amide bonds. The Balaban J connectivity index is 2.21. The van der Waals surface area contributed by atoms with E-state index in [1.54, 1.807) is 12.4 Å². The first kappa shape index (κ1) is 5.77. The third-order valence-electron chi connectivity index (χ3n) is 1.79. The van der Waals surface area contributed by atoms with Gasteiger partial charge in [0.25, 0.3) is 0 Å². The molecule has 4 nitrogen and oxygen atoms in total. The summed E-state index contributed by atoms with van der Waals surface area (Å²) in [6, 6.07) is 3.71. The molecule has 0 aromatic carbocycles. The monoisotopic (exact) mass is 159 g/mol. The van der Waals surface area contributed by atoms with Gasteiger partial charge in [-0.3, -0.25) is 10.1 Å². The van der Waals surface area contributed by atoms with Crippen molar-refractivity contribution < 1.29 is 4.74 Å². The molecule has 0 radical (unpaired) electrons. The molecule has 1 aliphatic heterocycles. The predicted octanol–water partition coefficient (Wildman–Crippen LogP) is 1.58. The number of aromatic amines is 1. The summed E-state index contributed by atoms with van der Waals surface area (Å²) < 4.78 is 5.18. The number of fused-ring (bicyclic) bond motifs is 1. The summed E-state index contributed by atoms with van der Waals surface area (Å²) in [4.78, 5) is 4.18. The van der Waals surface area contributed by atoms with Crippen molar-refractivity contribution in [2.75, 3.05) is 0 Å². The summed E-state index contributed by atoms with van der Waals surface area (Å²) in [7, 11) is 0. The maximum atomic E-state index is 5.18. The van der Waals surface area contributed by atoms with Crippen molar-refractivity contribution in [1.29, 1.82) is 0 Å². The van der Waals surface area contributed by atoms with Crippen LogP contribution in [0, 0.1) is 0 Å². The first-order valence-corrected chi connectivity index (χ1v) is 3.62. The molecule has 12 heavy (non-hydrogen) atoms. The molecular weight excluding hydrogens is 154 g/mol. The van der Waals surface area contributed by atoms with Crippen molar-refractivity contribution in [3.63, 3.8) is 0 Å². The Morgan fingerprint density at radius 1 is 1.25 bits per heavy atom. The molecule has 0 fully saturated rings. The van der Waals surface area contributed by atoms with E-state index in [9.17, 15) is 0 Å². The van der Waals surface area contributed by atoms with Crippen LogP contribution in [0.25, 0.3) is 11.4 Å². The third kappa shape index (κ3) is 0.661. The van der Waals surface area contributed by atoms with Gasteiger partial charge in [-0.05, 0) is 6.07 Å².